The second-order valence-electron chi connectivity index (χ2n) is 3.59. The summed E-state index contributed by atoms with van der Waals surface area (Å²) in [5.41, 5.74) is 0. The molecule has 1 aliphatic rings. The third kappa shape index (κ3) is 1.95. The average Bonchev–Trinajstić information content (AvgIpc) is 1.96. The van der Waals surface area contributed by atoms with Gasteiger partial charge in [-0.15, -0.1) is 0 Å². The number of hydrogen-bond acceptors (Lipinski definition) is 4. The SMILES string of the molecule is CC1CC(N(C)C)[C@@H](O)[C@@H](O)O1. The first-order chi connectivity index (χ1) is 5.52. The van der Waals surface area contributed by atoms with E-state index in [9.17, 15) is 10.2 Å². The van der Waals surface area contributed by atoms with E-state index in [0.29, 0.717) is 0 Å². The molecule has 0 aliphatic carbocycles. The molecule has 0 aromatic rings. The molecule has 1 aliphatic heterocycles. The molecule has 0 radical (unpaired) electrons. The number of aliphatic hydroxyl groups is 2. The number of rotatable bonds is 1. The molecule has 0 aromatic heterocycles. The quantitative estimate of drug-likeness (QED) is 0.559. The van der Waals surface area contributed by atoms with Gasteiger partial charge in [0.2, 0.25) is 0 Å². The van der Waals surface area contributed by atoms with Crippen molar-refractivity contribution in [3.05, 3.63) is 0 Å². The predicted octanol–water partition coefficient (Wildman–Crippen LogP) is -0.595. The van der Waals surface area contributed by atoms with Crippen LogP contribution < -0.4 is 0 Å². The summed E-state index contributed by atoms with van der Waals surface area (Å²) in [6, 6.07) is -0.0104. The standard InChI is InChI=1S/C8H17NO3/c1-5-4-6(9(2)3)7(10)8(11)12-5/h5-8,10-11H,4H2,1-3H3/t5?,6?,7-,8+/m1/s1. The van der Waals surface area contributed by atoms with Gasteiger partial charge in [0.15, 0.2) is 6.29 Å². The van der Waals surface area contributed by atoms with Crippen molar-refractivity contribution in [3.8, 4) is 0 Å². The van der Waals surface area contributed by atoms with Crippen LogP contribution in [0, 0.1) is 0 Å². The summed E-state index contributed by atoms with van der Waals surface area (Å²) in [6.45, 7) is 1.89. The normalized spacial score (nSPS) is 43.5. The molecule has 1 fully saturated rings. The zero-order chi connectivity index (χ0) is 9.30. The molecule has 1 saturated heterocycles. The van der Waals surface area contributed by atoms with Crippen LogP contribution in [0.15, 0.2) is 0 Å². The van der Waals surface area contributed by atoms with Crippen LogP contribution in [0.5, 0.6) is 0 Å². The Morgan fingerprint density at radius 1 is 1.33 bits per heavy atom. The first-order valence-electron chi connectivity index (χ1n) is 4.20. The fourth-order valence-electron chi connectivity index (χ4n) is 1.56. The van der Waals surface area contributed by atoms with Crippen LogP contribution in [-0.2, 0) is 4.74 Å². The van der Waals surface area contributed by atoms with Crippen molar-refractivity contribution in [3.63, 3.8) is 0 Å². The summed E-state index contributed by atoms with van der Waals surface area (Å²) >= 11 is 0. The van der Waals surface area contributed by atoms with Gasteiger partial charge in [0, 0.05) is 6.04 Å². The highest BCUT2D eigenvalue weighted by molar-refractivity contribution is 4.84. The first kappa shape index (κ1) is 9.92. The lowest BCUT2D eigenvalue weighted by Crippen LogP contribution is -2.53. The molecule has 4 heteroatoms. The minimum absolute atomic E-state index is 0.01000. The van der Waals surface area contributed by atoms with E-state index in [1.807, 2.05) is 25.9 Å². The third-order valence-electron chi connectivity index (χ3n) is 2.29. The minimum Gasteiger partial charge on any atom is -0.386 e. The number of ether oxygens (including phenoxy) is 1. The number of likely N-dealkylation sites (N-methyl/N-ethyl adjacent to an activating group) is 1. The van der Waals surface area contributed by atoms with Gasteiger partial charge in [-0.1, -0.05) is 0 Å². The van der Waals surface area contributed by atoms with Crippen LogP contribution in [-0.4, -0.2) is 53.7 Å². The van der Waals surface area contributed by atoms with E-state index in [2.05, 4.69) is 0 Å². The highest BCUT2D eigenvalue weighted by atomic mass is 16.6. The molecule has 0 saturated carbocycles. The van der Waals surface area contributed by atoms with E-state index < -0.39 is 12.4 Å². The van der Waals surface area contributed by atoms with E-state index >= 15 is 0 Å². The predicted molar refractivity (Wildman–Crippen MR) is 44.7 cm³/mol. The highest BCUT2D eigenvalue weighted by Gasteiger charge is 2.35. The topological polar surface area (TPSA) is 52.9 Å². The van der Waals surface area contributed by atoms with E-state index in [0.717, 1.165) is 6.42 Å². The lowest BCUT2D eigenvalue weighted by atomic mass is 9.99. The minimum atomic E-state index is -1.04. The summed E-state index contributed by atoms with van der Waals surface area (Å²) in [5.74, 6) is 0. The Bertz CT molecular complexity index is 151. The summed E-state index contributed by atoms with van der Waals surface area (Å²) in [5, 5.41) is 18.8. The van der Waals surface area contributed by atoms with Gasteiger partial charge in [0.1, 0.15) is 6.10 Å². The number of hydrogen-bond donors (Lipinski definition) is 2. The third-order valence-corrected chi connectivity index (χ3v) is 2.29. The first-order valence-corrected chi connectivity index (χ1v) is 4.20. The lowest BCUT2D eigenvalue weighted by molar-refractivity contribution is -0.230. The Kier molecular flexibility index (Phi) is 3.06. The van der Waals surface area contributed by atoms with Crippen molar-refractivity contribution in [2.24, 2.45) is 0 Å². The van der Waals surface area contributed by atoms with Crippen LogP contribution in [0.25, 0.3) is 0 Å². The van der Waals surface area contributed by atoms with Crippen LogP contribution in [0.1, 0.15) is 13.3 Å². The molecule has 12 heavy (non-hydrogen) atoms. The Hall–Kier alpha value is -0.160. The maximum absolute atomic E-state index is 9.51. The second-order valence-corrected chi connectivity index (χ2v) is 3.59. The number of nitrogens with zero attached hydrogens (tertiary/aromatic N) is 1. The smallest absolute Gasteiger partial charge is 0.182 e. The van der Waals surface area contributed by atoms with Crippen molar-refractivity contribution in [2.75, 3.05) is 14.1 Å². The number of aliphatic hydroxyl groups excluding tert-OH is 2. The van der Waals surface area contributed by atoms with Crippen LogP contribution in [0.3, 0.4) is 0 Å². The van der Waals surface area contributed by atoms with Crippen molar-refractivity contribution in [2.45, 2.75) is 37.9 Å². The van der Waals surface area contributed by atoms with Gasteiger partial charge in [-0.05, 0) is 27.4 Å². The Morgan fingerprint density at radius 2 is 1.92 bits per heavy atom. The monoisotopic (exact) mass is 175 g/mol. The average molecular weight is 175 g/mol. The molecule has 1 rings (SSSR count). The van der Waals surface area contributed by atoms with Crippen LogP contribution in [0.2, 0.25) is 0 Å². The van der Waals surface area contributed by atoms with Gasteiger partial charge >= 0.3 is 0 Å². The maximum atomic E-state index is 9.51. The van der Waals surface area contributed by atoms with Crippen molar-refractivity contribution >= 4 is 0 Å². The summed E-state index contributed by atoms with van der Waals surface area (Å²) < 4.78 is 5.06. The van der Waals surface area contributed by atoms with Gasteiger partial charge in [-0.3, -0.25) is 0 Å². The second kappa shape index (κ2) is 3.70. The Morgan fingerprint density at radius 3 is 2.42 bits per heavy atom. The zero-order valence-electron chi connectivity index (χ0n) is 7.77. The lowest BCUT2D eigenvalue weighted by Gasteiger charge is -2.38. The van der Waals surface area contributed by atoms with Crippen molar-refractivity contribution in [1.82, 2.24) is 4.90 Å². The van der Waals surface area contributed by atoms with E-state index in [4.69, 9.17) is 4.74 Å². The molecule has 0 amide bonds. The maximum Gasteiger partial charge on any atom is 0.182 e. The van der Waals surface area contributed by atoms with Gasteiger partial charge in [0.25, 0.3) is 0 Å². The summed E-state index contributed by atoms with van der Waals surface area (Å²) in [7, 11) is 3.78. The van der Waals surface area contributed by atoms with Gasteiger partial charge in [0.05, 0.1) is 6.10 Å². The molecule has 1 heterocycles. The van der Waals surface area contributed by atoms with Gasteiger partial charge in [-0.25, -0.2) is 0 Å². The molecular weight excluding hydrogens is 158 g/mol. The molecule has 0 aromatic carbocycles. The van der Waals surface area contributed by atoms with E-state index in [-0.39, 0.29) is 12.1 Å². The van der Waals surface area contributed by atoms with E-state index in [1.54, 1.807) is 0 Å². The largest absolute Gasteiger partial charge is 0.386 e. The van der Waals surface area contributed by atoms with E-state index in [1.165, 1.54) is 0 Å². The molecule has 4 atom stereocenters. The molecule has 72 valence electrons. The van der Waals surface area contributed by atoms with Crippen LogP contribution >= 0.6 is 0 Å². The summed E-state index contributed by atoms with van der Waals surface area (Å²) in [6.07, 6.45) is -1.07. The Balaban J connectivity index is 2.60. The molecule has 0 spiro atoms. The molecule has 2 N–H and O–H groups in total. The van der Waals surface area contributed by atoms with Crippen molar-refractivity contribution in [1.29, 1.82) is 0 Å². The van der Waals surface area contributed by atoms with Gasteiger partial charge in [-0.2, -0.15) is 0 Å². The molecule has 4 nitrogen and oxygen atoms in total. The zero-order valence-corrected chi connectivity index (χ0v) is 7.77. The molecule has 2 unspecified atom stereocenters. The van der Waals surface area contributed by atoms with Crippen molar-refractivity contribution < 1.29 is 14.9 Å². The highest BCUT2D eigenvalue weighted by Crippen LogP contribution is 2.21. The fraction of sp³-hybridized carbons (Fsp3) is 1.00. The van der Waals surface area contributed by atoms with Crippen LogP contribution in [0.4, 0.5) is 0 Å². The fourth-order valence-corrected chi connectivity index (χ4v) is 1.56. The van der Waals surface area contributed by atoms with Gasteiger partial charge < -0.3 is 19.8 Å². The molecular formula is C8H17NO3. The summed E-state index contributed by atoms with van der Waals surface area (Å²) in [4.78, 5) is 1.91. The Labute approximate surface area is 72.7 Å². The molecule has 0 bridgehead atoms.